The van der Waals surface area contributed by atoms with Crippen LogP contribution in [0.5, 0.6) is 0 Å². The standard InChI is InChI=1S/C12H21N3O3/c1-4-14(5-2)9-10(3)13-8-11-6-7-12(18-11)15(16)17/h6-7,10,13H,4-5,8-9H2,1-3H3. The van der Waals surface area contributed by atoms with Crippen molar-refractivity contribution in [2.45, 2.75) is 33.4 Å². The van der Waals surface area contributed by atoms with Crippen molar-refractivity contribution < 1.29 is 9.34 Å². The first kappa shape index (κ1) is 14.7. The molecule has 0 fully saturated rings. The second-order valence-corrected chi connectivity index (χ2v) is 4.26. The zero-order valence-electron chi connectivity index (χ0n) is 11.2. The lowest BCUT2D eigenvalue weighted by Crippen LogP contribution is -2.38. The Morgan fingerprint density at radius 3 is 2.61 bits per heavy atom. The number of nitro groups is 1. The lowest BCUT2D eigenvalue weighted by Gasteiger charge is -2.23. The Kier molecular flexibility index (Phi) is 5.80. The van der Waals surface area contributed by atoms with E-state index in [1.54, 1.807) is 6.07 Å². The second kappa shape index (κ2) is 7.13. The van der Waals surface area contributed by atoms with Crippen LogP contribution >= 0.6 is 0 Å². The first-order valence-corrected chi connectivity index (χ1v) is 6.25. The van der Waals surface area contributed by atoms with Gasteiger partial charge in [-0.25, -0.2) is 0 Å². The number of nitrogens with zero attached hydrogens (tertiary/aromatic N) is 2. The van der Waals surface area contributed by atoms with Gasteiger partial charge in [-0.2, -0.15) is 0 Å². The molecule has 0 radical (unpaired) electrons. The van der Waals surface area contributed by atoms with Gasteiger partial charge in [0.25, 0.3) is 0 Å². The van der Waals surface area contributed by atoms with Crippen LogP contribution in [0, 0.1) is 10.1 Å². The fraction of sp³-hybridized carbons (Fsp3) is 0.667. The Hall–Kier alpha value is -1.40. The SMILES string of the molecule is CCN(CC)CC(C)NCc1ccc([N+](=O)[O-])o1. The molecule has 0 saturated carbocycles. The van der Waals surface area contributed by atoms with E-state index < -0.39 is 4.92 Å². The van der Waals surface area contributed by atoms with Gasteiger partial charge in [-0.15, -0.1) is 0 Å². The molecule has 0 bridgehead atoms. The summed E-state index contributed by atoms with van der Waals surface area (Å²) in [6, 6.07) is 3.33. The predicted molar refractivity (Wildman–Crippen MR) is 69.5 cm³/mol. The third-order valence-electron chi connectivity index (χ3n) is 2.88. The summed E-state index contributed by atoms with van der Waals surface area (Å²) < 4.78 is 5.08. The fourth-order valence-corrected chi connectivity index (χ4v) is 1.77. The smallest absolute Gasteiger partial charge is 0.404 e. The molecule has 1 N–H and O–H groups in total. The molecule has 18 heavy (non-hydrogen) atoms. The molecule has 0 saturated heterocycles. The maximum atomic E-state index is 10.5. The Morgan fingerprint density at radius 2 is 2.11 bits per heavy atom. The van der Waals surface area contributed by atoms with Crippen LogP contribution in [-0.2, 0) is 6.54 Å². The molecule has 0 spiro atoms. The molecule has 1 aromatic heterocycles. The number of rotatable bonds is 8. The zero-order chi connectivity index (χ0) is 13.5. The van der Waals surface area contributed by atoms with Crippen LogP contribution in [0.2, 0.25) is 0 Å². The van der Waals surface area contributed by atoms with E-state index in [1.165, 1.54) is 6.07 Å². The van der Waals surface area contributed by atoms with E-state index in [9.17, 15) is 10.1 Å². The first-order chi connectivity index (χ1) is 8.56. The monoisotopic (exact) mass is 255 g/mol. The van der Waals surface area contributed by atoms with E-state index in [-0.39, 0.29) is 5.88 Å². The summed E-state index contributed by atoms with van der Waals surface area (Å²) in [4.78, 5) is 12.3. The maximum Gasteiger partial charge on any atom is 0.433 e. The highest BCUT2D eigenvalue weighted by Gasteiger charge is 2.12. The van der Waals surface area contributed by atoms with Crippen LogP contribution in [0.4, 0.5) is 5.88 Å². The molecule has 1 unspecified atom stereocenters. The van der Waals surface area contributed by atoms with Gasteiger partial charge in [0.05, 0.1) is 12.6 Å². The Morgan fingerprint density at radius 1 is 1.44 bits per heavy atom. The molecule has 1 heterocycles. The van der Waals surface area contributed by atoms with Gasteiger partial charge in [0, 0.05) is 12.6 Å². The largest absolute Gasteiger partial charge is 0.433 e. The second-order valence-electron chi connectivity index (χ2n) is 4.26. The number of hydrogen-bond acceptors (Lipinski definition) is 5. The molecule has 0 aromatic carbocycles. The minimum absolute atomic E-state index is 0.205. The van der Waals surface area contributed by atoms with E-state index in [4.69, 9.17) is 4.42 Å². The fourth-order valence-electron chi connectivity index (χ4n) is 1.77. The minimum atomic E-state index is -0.525. The van der Waals surface area contributed by atoms with Gasteiger partial charge < -0.3 is 14.6 Å². The molecule has 0 amide bonds. The topological polar surface area (TPSA) is 71.5 Å². The van der Waals surface area contributed by atoms with Gasteiger partial charge in [-0.1, -0.05) is 13.8 Å². The molecule has 6 nitrogen and oxygen atoms in total. The van der Waals surface area contributed by atoms with Crippen molar-refractivity contribution in [3.05, 3.63) is 28.0 Å². The Bertz CT molecular complexity index is 374. The predicted octanol–water partition coefficient (Wildman–Crippen LogP) is 2.01. The van der Waals surface area contributed by atoms with Gasteiger partial charge in [-0.05, 0) is 26.1 Å². The van der Waals surface area contributed by atoms with Gasteiger partial charge in [0.2, 0.25) is 0 Å². The summed E-state index contributed by atoms with van der Waals surface area (Å²) in [6.45, 7) is 9.86. The third kappa shape index (κ3) is 4.46. The molecule has 102 valence electrons. The van der Waals surface area contributed by atoms with E-state index in [1.807, 2.05) is 0 Å². The van der Waals surface area contributed by atoms with E-state index in [0.29, 0.717) is 18.3 Å². The summed E-state index contributed by atoms with van der Waals surface area (Å²) in [5, 5.41) is 13.8. The lowest BCUT2D eigenvalue weighted by molar-refractivity contribution is -0.402. The van der Waals surface area contributed by atoms with E-state index in [0.717, 1.165) is 19.6 Å². The first-order valence-electron chi connectivity index (χ1n) is 6.25. The van der Waals surface area contributed by atoms with Crippen molar-refractivity contribution >= 4 is 5.88 Å². The van der Waals surface area contributed by atoms with Crippen molar-refractivity contribution in [1.82, 2.24) is 10.2 Å². The molecule has 1 rings (SSSR count). The molecule has 0 aliphatic heterocycles. The highest BCUT2D eigenvalue weighted by Crippen LogP contribution is 2.15. The third-order valence-corrected chi connectivity index (χ3v) is 2.88. The summed E-state index contributed by atoms with van der Waals surface area (Å²) in [5.74, 6) is 0.385. The summed E-state index contributed by atoms with van der Waals surface area (Å²) >= 11 is 0. The minimum Gasteiger partial charge on any atom is -0.404 e. The summed E-state index contributed by atoms with van der Waals surface area (Å²) in [7, 11) is 0. The molecule has 6 heteroatoms. The van der Waals surface area contributed by atoms with Crippen LogP contribution in [0.25, 0.3) is 0 Å². The molecule has 0 aliphatic carbocycles. The normalized spacial score (nSPS) is 12.9. The maximum absolute atomic E-state index is 10.5. The number of furan rings is 1. The molecule has 1 atom stereocenters. The summed E-state index contributed by atoms with van der Waals surface area (Å²) in [6.07, 6.45) is 0. The quantitative estimate of drug-likeness (QED) is 0.568. The van der Waals surface area contributed by atoms with Gasteiger partial charge in [0.1, 0.15) is 10.7 Å². The van der Waals surface area contributed by atoms with Gasteiger partial charge >= 0.3 is 5.88 Å². The average Bonchev–Trinajstić information content (AvgIpc) is 2.82. The number of hydrogen-bond donors (Lipinski definition) is 1. The lowest BCUT2D eigenvalue weighted by atomic mass is 10.3. The van der Waals surface area contributed by atoms with Crippen molar-refractivity contribution in [1.29, 1.82) is 0 Å². The van der Waals surface area contributed by atoms with Crippen molar-refractivity contribution in [3.8, 4) is 0 Å². The molecular weight excluding hydrogens is 234 g/mol. The van der Waals surface area contributed by atoms with Gasteiger partial charge in [-0.3, -0.25) is 10.1 Å². The zero-order valence-corrected chi connectivity index (χ0v) is 11.2. The average molecular weight is 255 g/mol. The van der Waals surface area contributed by atoms with Crippen molar-refractivity contribution in [2.75, 3.05) is 19.6 Å². The van der Waals surface area contributed by atoms with Crippen LogP contribution in [-0.4, -0.2) is 35.5 Å². The van der Waals surface area contributed by atoms with Crippen LogP contribution < -0.4 is 5.32 Å². The van der Waals surface area contributed by atoms with Crippen LogP contribution in [0.3, 0.4) is 0 Å². The van der Waals surface area contributed by atoms with Crippen molar-refractivity contribution in [3.63, 3.8) is 0 Å². The highest BCUT2D eigenvalue weighted by molar-refractivity contribution is 5.17. The Balaban J connectivity index is 2.37. The van der Waals surface area contributed by atoms with Crippen LogP contribution in [0.1, 0.15) is 26.5 Å². The van der Waals surface area contributed by atoms with Gasteiger partial charge in [0.15, 0.2) is 0 Å². The van der Waals surface area contributed by atoms with Crippen LogP contribution in [0.15, 0.2) is 16.5 Å². The highest BCUT2D eigenvalue weighted by atomic mass is 16.6. The van der Waals surface area contributed by atoms with E-state index in [2.05, 4.69) is 31.0 Å². The molecular formula is C12H21N3O3. The Labute approximate surface area is 107 Å². The van der Waals surface area contributed by atoms with E-state index >= 15 is 0 Å². The number of nitrogens with one attached hydrogen (secondary N) is 1. The molecule has 0 aliphatic rings. The number of likely N-dealkylation sites (N-methyl/N-ethyl adjacent to an activating group) is 1. The van der Waals surface area contributed by atoms with Crippen molar-refractivity contribution in [2.24, 2.45) is 0 Å². The summed E-state index contributed by atoms with van der Waals surface area (Å²) in [5.41, 5.74) is 0. The molecule has 1 aromatic rings.